The highest BCUT2D eigenvalue weighted by Gasteiger charge is 2.20. The van der Waals surface area contributed by atoms with Crippen LogP contribution in [0.3, 0.4) is 0 Å². The van der Waals surface area contributed by atoms with E-state index in [2.05, 4.69) is 35.9 Å². The summed E-state index contributed by atoms with van der Waals surface area (Å²) >= 11 is 0. The number of aryl methyl sites for hydroxylation is 3. The van der Waals surface area contributed by atoms with Crippen molar-refractivity contribution in [1.29, 1.82) is 0 Å². The van der Waals surface area contributed by atoms with Crippen LogP contribution in [0.5, 0.6) is 0 Å². The largest absolute Gasteiger partial charge is 0.301 e. The number of hydrogen-bond donors (Lipinski definition) is 1. The number of sulfonamides is 1. The van der Waals surface area contributed by atoms with Crippen molar-refractivity contribution in [2.45, 2.75) is 38.1 Å². The van der Waals surface area contributed by atoms with Crippen LogP contribution in [0.15, 0.2) is 47.4 Å². The number of nitrogens with zero attached hydrogens (tertiary/aromatic N) is 1. The lowest BCUT2D eigenvalue weighted by atomic mass is 10.0. The molecule has 1 atom stereocenters. The van der Waals surface area contributed by atoms with Gasteiger partial charge in [0.2, 0.25) is 10.0 Å². The number of benzene rings is 2. The van der Waals surface area contributed by atoms with Crippen LogP contribution in [0, 0.1) is 13.8 Å². The number of rotatable bonds is 7. The van der Waals surface area contributed by atoms with Crippen molar-refractivity contribution in [3.05, 3.63) is 64.7 Å². The van der Waals surface area contributed by atoms with E-state index in [9.17, 15) is 8.42 Å². The van der Waals surface area contributed by atoms with Crippen LogP contribution in [0.4, 0.5) is 0 Å². The van der Waals surface area contributed by atoms with Gasteiger partial charge in [-0.15, -0.1) is 0 Å². The average Bonchev–Trinajstić information content (AvgIpc) is 2.57. The molecule has 0 heterocycles. The van der Waals surface area contributed by atoms with E-state index in [1.807, 2.05) is 38.9 Å². The molecular weight excluding hydrogens is 332 g/mol. The van der Waals surface area contributed by atoms with Crippen LogP contribution >= 0.6 is 0 Å². The van der Waals surface area contributed by atoms with Gasteiger partial charge >= 0.3 is 0 Å². The second-order valence-electron chi connectivity index (χ2n) is 6.67. The summed E-state index contributed by atoms with van der Waals surface area (Å²) in [6, 6.07) is 13.6. The molecule has 1 unspecified atom stereocenters. The van der Waals surface area contributed by atoms with Crippen LogP contribution in [0.2, 0.25) is 0 Å². The van der Waals surface area contributed by atoms with Gasteiger partial charge in [-0.25, -0.2) is 13.1 Å². The number of hydrogen-bond acceptors (Lipinski definition) is 3. The molecule has 0 spiro atoms. The summed E-state index contributed by atoms with van der Waals surface area (Å²) in [5.74, 6) is 0. The van der Waals surface area contributed by atoms with Crippen molar-refractivity contribution in [2.75, 3.05) is 20.6 Å². The Morgan fingerprint density at radius 1 is 1.00 bits per heavy atom. The highest BCUT2D eigenvalue weighted by Crippen LogP contribution is 2.20. The van der Waals surface area contributed by atoms with Crippen molar-refractivity contribution in [2.24, 2.45) is 0 Å². The fourth-order valence-electron chi connectivity index (χ4n) is 2.73. The van der Waals surface area contributed by atoms with E-state index in [1.165, 1.54) is 5.56 Å². The van der Waals surface area contributed by atoms with E-state index in [0.29, 0.717) is 11.4 Å². The third-order valence-electron chi connectivity index (χ3n) is 4.65. The molecule has 0 aromatic heterocycles. The molecule has 0 radical (unpaired) electrons. The zero-order valence-corrected chi connectivity index (χ0v) is 16.5. The van der Waals surface area contributed by atoms with Crippen LogP contribution in [0.25, 0.3) is 0 Å². The predicted molar refractivity (Wildman–Crippen MR) is 103 cm³/mol. The lowest BCUT2D eigenvalue weighted by Crippen LogP contribution is -2.34. The maximum absolute atomic E-state index is 12.6. The summed E-state index contributed by atoms with van der Waals surface area (Å²) in [6.45, 7) is 6.34. The van der Waals surface area contributed by atoms with Gasteiger partial charge in [-0.05, 0) is 68.8 Å². The zero-order chi connectivity index (χ0) is 18.6. The molecule has 2 aromatic rings. The molecule has 0 aliphatic heterocycles. The summed E-state index contributed by atoms with van der Waals surface area (Å²) in [7, 11) is 0.396. The lowest BCUT2D eigenvalue weighted by molar-refractivity contribution is 0.299. The molecule has 5 heteroatoms. The maximum atomic E-state index is 12.6. The molecule has 25 heavy (non-hydrogen) atoms. The van der Waals surface area contributed by atoms with Gasteiger partial charge in [-0.1, -0.05) is 37.3 Å². The molecule has 0 saturated carbocycles. The molecule has 0 fully saturated rings. The molecule has 136 valence electrons. The average molecular weight is 361 g/mol. The Morgan fingerprint density at radius 2 is 1.64 bits per heavy atom. The Bertz CT molecular complexity index is 812. The monoisotopic (exact) mass is 360 g/mol. The second-order valence-corrected chi connectivity index (χ2v) is 8.44. The van der Waals surface area contributed by atoms with E-state index < -0.39 is 10.0 Å². The SMILES string of the molecule is CCc1ccc(C(CNS(=O)(=O)c2ccc(C)c(C)c2)N(C)C)cc1. The first-order valence-electron chi connectivity index (χ1n) is 8.56. The van der Waals surface area contributed by atoms with E-state index in [-0.39, 0.29) is 6.04 Å². The molecule has 4 nitrogen and oxygen atoms in total. The van der Waals surface area contributed by atoms with E-state index in [4.69, 9.17) is 0 Å². The molecule has 0 aliphatic rings. The van der Waals surface area contributed by atoms with E-state index >= 15 is 0 Å². The van der Waals surface area contributed by atoms with Crippen molar-refractivity contribution in [3.63, 3.8) is 0 Å². The topological polar surface area (TPSA) is 49.4 Å². The first kappa shape index (κ1) is 19.6. The fourth-order valence-corrected chi connectivity index (χ4v) is 3.85. The van der Waals surface area contributed by atoms with Gasteiger partial charge in [0.05, 0.1) is 4.90 Å². The van der Waals surface area contributed by atoms with Gasteiger partial charge in [0, 0.05) is 12.6 Å². The highest BCUT2D eigenvalue weighted by molar-refractivity contribution is 7.89. The molecule has 0 amide bonds. The van der Waals surface area contributed by atoms with Gasteiger partial charge in [-0.3, -0.25) is 0 Å². The minimum Gasteiger partial charge on any atom is -0.301 e. The van der Waals surface area contributed by atoms with Gasteiger partial charge < -0.3 is 4.90 Å². The van der Waals surface area contributed by atoms with E-state index in [0.717, 1.165) is 23.1 Å². The molecule has 0 aliphatic carbocycles. The summed E-state index contributed by atoms with van der Waals surface area (Å²) < 4.78 is 28.0. The third kappa shape index (κ3) is 4.91. The van der Waals surface area contributed by atoms with Crippen molar-refractivity contribution < 1.29 is 8.42 Å². The van der Waals surface area contributed by atoms with Crippen molar-refractivity contribution in [3.8, 4) is 0 Å². The van der Waals surface area contributed by atoms with Crippen LogP contribution in [-0.2, 0) is 16.4 Å². The number of nitrogens with one attached hydrogen (secondary N) is 1. The molecule has 2 rings (SSSR count). The van der Waals surface area contributed by atoms with Crippen molar-refractivity contribution >= 4 is 10.0 Å². The minimum atomic E-state index is -3.53. The highest BCUT2D eigenvalue weighted by atomic mass is 32.2. The fraction of sp³-hybridized carbons (Fsp3) is 0.400. The summed E-state index contributed by atoms with van der Waals surface area (Å²) in [4.78, 5) is 2.35. The Hall–Kier alpha value is -1.69. The van der Waals surface area contributed by atoms with Crippen LogP contribution in [-0.4, -0.2) is 34.0 Å². The Kier molecular flexibility index (Phi) is 6.38. The molecule has 2 aromatic carbocycles. The Balaban J connectivity index is 2.18. The van der Waals surface area contributed by atoms with E-state index in [1.54, 1.807) is 12.1 Å². The standard InChI is InChI=1S/C20H28N2O2S/c1-6-17-8-10-18(11-9-17)20(22(4)5)14-21-25(23,24)19-12-7-15(2)16(3)13-19/h7-13,20-21H,6,14H2,1-5H3. The maximum Gasteiger partial charge on any atom is 0.240 e. The third-order valence-corrected chi connectivity index (χ3v) is 6.07. The molecule has 0 saturated heterocycles. The van der Waals surface area contributed by atoms with Crippen LogP contribution < -0.4 is 4.72 Å². The summed E-state index contributed by atoms with van der Waals surface area (Å²) in [6.07, 6.45) is 0.992. The van der Waals surface area contributed by atoms with Gasteiger partial charge in [0.1, 0.15) is 0 Å². The quantitative estimate of drug-likeness (QED) is 0.823. The second kappa shape index (κ2) is 8.13. The Morgan fingerprint density at radius 3 is 2.16 bits per heavy atom. The summed E-state index contributed by atoms with van der Waals surface area (Å²) in [5.41, 5.74) is 4.44. The van der Waals surface area contributed by atoms with Crippen LogP contribution in [0.1, 0.15) is 35.2 Å². The van der Waals surface area contributed by atoms with Gasteiger partial charge in [0.15, 0.2) is 0 Å². The van der Waals surface area contributed by atoms with Gasteiger partial charge in [-0.2, -0.15) is 0 Å². The molecular formula is C20H28N2O2S. The first-order valence-corrected chi connectivity index (χ1v) is 10.0. The summed E-state index contributed by atoms with van der Waals surface area (Å²) in [5, 5.41) is 0. The molecule has 0 bridgehead atoms. The number of likely N-dealkylation sites (N-methyl/N-ethyl adjacent to an activating group) is 1. The zero-order valence-electron chi connectivity index (χ0n) is 15.7. The van der Waals surface area contributed by atoms with Crippen molar-refractivity contribution in [1.82, 2.24) is 9.62 Å². The predicted octanol–water partition coefficient (Wildman–Crippen LogP) is 3.45. The smallest absolute Gasteiger partial charge is 0.240 e. The van der Waals surface area contributed by atoms with Gasteiger partial charge in [0.25, 0.3) is 0 Å². The normalized spacial score (nSPS) is 13.2. The minimum absolute atomic E-state index is 0.0211. The lowest BCUT2D eigenvalue weighted by Gasteiger charge is -2.25. The first-order chi connectivity index (χ1) is 11.7. The molecule has 1 N–H and O–H groups in total. The Labute approximate surface area is 151 Å².